The van der Waals surface area contributed by atoms with Gasteiger partial charge in [0.1, 0.15) is 5.75 Å². The molecule has 4 rings (SSSR count). The van der Waals surface area contributed by atoms with Gasteiger partial charge in [-0.1, -0.05) is 29.8 Å². The third-order valence-corrected chi connectivity index (χ3v) is 4.92. The third-order valence-electron chi connectivity index (χ3n) is 4.92. The maximum absolute atomic E-state index is 13.1. The van der Waals surface area contributed by atoms with Gasteiger partial charge in [-0.25, -0.2) is 0 Å². The predicted molar refractivity (Wildman–Crippen MR) is 101 cm³/mol. The third kappa shape index (κ3) is 3.53. The monoisotopic (exact) mass is 366 g/mol. The van der Waals surface area contributed by atoms with Crippen LogP contribution in [0.2, 0.25) is 0 Å². The summed E-state index contributed by atoms with van der Waals surface area (Å²) < 4.78 is 11.3. The number of morpholine rings is 1. The summed E-state index contributed by atoms with van der Waals surface area (Å²) in [6.07, 6.45) is -0.715. The zero-order valence-corrected chi connectivity index (χ0v) is 15.3. The van der Waals surface area contributed by atoms with Crippen molar-refractivity contribution in [1.82, 2.24) is 4.90 Å². The summed E-state index contributed by atoms with van der Waals surface area (Å²) in [4.78, 5) is 29.5. The van der Waals surface area contributed by atoms with Crippen LogP contribution in [0.3, 0.4) is 0 Å². The van der Waals surface area contributed by atoms with Crippen molar-refractivity contribution in [3.05, 3.63) is 59.7 Å². The van der Waals surface area contributed by atoms with Crippen LogP contribution in [-0.2, 0) is 9.53 Å². The fourth-order valence-electron chi connectivity index (χ4n) is 3.39. The Bertz CT molecular complexity index is 844. The summed E-state index contributed by atoms with van der Waals surface area (Å²) in [6, 6.07) is 14.8. The zero-order valence-electron chi connectivity index (χ0n) is 15.3. The molecule has 0 unspecified atom stereocenters. The van der Waals surface area contributed by atoms with Crippen LogP contribution in [0.5, 0.6) is 5.75 Å². The van der Waals surface area contributed by atoms with Crippen molar-refractivity contribution in [1.29, 1.82) is 0 Å². The number of anilines is 1. The number of rotatable bonds is 2. The van der Waals surface area contributed by atoms with Crippen molar-refractivity contribution in [3.8, 4) is 5.75 Å². The van der Waals surface area contributed by atoms with Crippen LogP contribution in [-0.4, -0.2) is 55.7 Å². The minimum atomic E-state index is -0.715. The second-order valence-corrected chi connectivity index (χ2v) is 6.79. The van der Waals surface area contributed by atoms with Gasteiger partial charge in [0, 0.05) is 18.7 Å². The fourth-order valence-corrected chi connectivity index (χ4v) is 3.39. The lowest BCUT2D eigenvalue weighted by molar-refractivity contribution is -0.142. The molecule has 2 aliphatic rings. The molecule has 140 valence electrons. The van der Waals surface area contributed by atoms with Crippen LogP contribution < -0.4 is 9.64 Å². The molecule has 2 aromatic carbocycles. The molecule has 1 fully saturated rings. The van der Waals surface area contributed by atoms with Crippen molar-refractivity contribution < 1.29 is 19.1 Å². The Kier molecular flexibility index (Phi) is 4.81. The predicted octanol–water partition coefficient (Wildman–Crippen LogP) is 2.26. The molecule has 0 bridgehead atoms. The molecule has 2 aliphatic heterocycles. The van der Waals surface area contributed by atoms with E-state index in [1.54, 1.807) is 15.9 Å². The van der Waals surface area contributed by atoms with Gasteiger partial charge >= 0.3 is 0 Å². The van der Waals surface area contributed by atoms with E-state index in [-0.39, 0.29) is 18.4 Å². The standard InChI is InChI=1S/C21H22N2O4/c1-15-6-8-16(9-7-15)20(24)23-14-19(21(25)22-10-12-26-13-11-22)27-18-5-3-2-4-17(18)23/h2-9,19H,10-14H2,1H3/t19-/m1/s1. The van der Waals surface area contributed by atoms with E-state index in [2.05, 4.69) is 0 Å². The number of benzene rings is 2. The van der Waals surface area contributed by atoms with Gasteiger partial charge in [0.25, 0.3) is 11.8 Å². The average Bonchev–Trinajstić information content (AvgIpc) is 2.73. The Morgan fingerprint density at radius 2 is 1.70 bits per heavy atom. The second-order valence-electron chi connectivity index (χ2n) is 6.79. The normalized spacial score (nSPS) is 19.2. The van der Waals surface area contributed by atoms with Crippen molar-refractivity contribution in [3.63, 3.8) is 0 Å². The fraction of sp³-hybridized carbons (Fsp3) is 0.333. The molecular weight excluding hydrogens is 344 g/mol. The van der Waals surface area contributed by atoms with E-state index < -0.39 is 6.10 Å². The van der Waals surface area contributed by atoms with E-state index in [1.165, 1.54) is 0 Å². The van der Waals surface area contributed by atoms with Crippen LogP contribution in [0.1, 0.15) is 15.9 Å². The molecule has 27 heavy (non-hydrogen) atoms. The lowest BCUT2D eigenvalue weighted by Gasteiger charge is -2.37. The molecule has 1 saturated heterocycles. The number of carbonyl (C=O) groups excluding carboxylic acids is 2. The first-order chi connectivity index (χ1) is 13.1. The Balaban J connectivity index is 1.62. The van der Waals surface area contributed by atoms with Gasteiger partial charge in [-0.15, -0.1) is 0 Å². The number of nitrogens with zero attached hydrogens (tertiary/aromatic N) is 2. The number of carbonyl (C=O) groups is 2. The number of ether oxygens (including phenoxy) is 2. The maximum atomic E-state index is 13.1. The largest absolute Gasteiger partial charge is 0.476 e. The second kappa shape index (κ2) is 7.40. The van der Waals surface area contributed by atoms with Crippen LogP contribution in [0.25, 0.3) is 0 Å². The number of hydrogen-bond acceptors (Lipinski definition) is 4. The van der Waals surface area contributed by atoms with Gasteiger partial charge in [-0.3, -0.25) is 9.59 Å². The van der Waals surface area contributed by atoms with E-state index in [1.807, 2.05) is 49.4 Å². The first-order valence-electron chi connectivity index (χ1n) is 9.14. The summed E-state index contributed by atoms with van der Waals surface area (Å²) in [5.74, 6) is 0.316. The highest BCUT2D eigenvalue weighted by Gasteiger charge is 2.36. The van der Waals surface area contributed by atoms with Gasteiger partial charge in [0.2, 0.25) is 0 Å². The Labute approximate surface area is 158 Å². The summed E-state index contributed by atoms with van der Waals surface area (Å²) in [7, 11) is 0. The first-order valence-corrected chi connectivity index (χ1v) is 9.14. The van der Waals surface area contributed by atoms with Crippen molar-refractivity contribution in [2.45, 2.75) is 13.0 Å². The SMILES string of the molecule is Cc1ccc(C(=O)N2C[C@H](C(=O)N3CCOCC3)Oc3ccccc32)cc1. The lowest BCUT2D eigenvalue weighted by Crippen LogP contribution is -2.54. The Morgan fingerprint density at radius 1 is 1.00 bits per heavy atom. The van der Waals surface area contributed by atoms with E-state index in [9.17, 15) is 9.59 Å². The highest BCUT2D eigenvalue weighted by molar-refractivity contribution is 6.07. The molecule has 6 heteroatoms. The highest BCUT2D eigenvalue weighted by Crippen LogP contribution is 2.34. The van der Waals surface area contributed by atoms with Gasteiger partial charge in [0.05, 0.1) is 25.4 Å². The molecule has 2 heterocycles. The van der Waals surface area contributed by atoms with Gasteiger partial charge in [0.15, 0.2) is 6.10 Å². The Morgan fingerprint density at radius 3 is 2.44 bits per heavy atom. The smallest absolute Gasteiger partial charge is 0.265 e. The highest BCUT2D eigenvalue weighted by atomic mass is 16.5. The number of hydrogen-bond donors (Lipinski definition) is 0. The molecule has 0 N–H and O–H groups in total. The minimum Gasteiger partial charge on any atom is -0.476 e. The average molecular weight is 366 g/mol. The van der Waals surface area contributed by atoms with Crippen molar-refractivity contribution >= 4 is 17.5 Å². The number of para-hydroxylation sites is 2. The zero-order chi connectivity index (χ0) is 18.8. The van der Waals surface area contributed by atoms with E-state index in [4.69, 9.17) is 9.47 Å². The van der Waals surface area contributed by atoms with Crippen molar-refractivity contribution in [2.75, 3.05) is 37.7 Å². The van der Waals surface area contributed by atoms with Crippen LogP contribution >= 0.6 is 0 Å². The number of fused-ring (bicyclic) bond motifs is 1. The molecule has 6 nitrogen and oxygen atoms in total. The summed E-state index contributed by atoms with van der Waals surface area (Å²) in [5.41, 5.74) is 2.37. The summed E-state index contributed by atoms with van der Waals surface area (Å²) in [5, 5.41) is 0. The molecule has 0 aliphatic carbocycles. The van der Waals surface area contributed by atoms with Crippen molar-refractivity contribution in [2.24, 2.45) is 0 Å². The van der Waals surface area contributed by atoms with E-state index in [0.29, 0.717) is 43.3 Å². The molecule has 0 radical (unpaired) electrons. The molecule has 2 amide bonds. The molecule has 0 saturated carbocycles. The molecule has 0 spiro atoms. The topological polar surface area (TPSA) is 59.1 Å². The maximum Gasteiger partial charge on any atom is 0.265 e. The lowest BCUT2D eigenvalue weighted by atomic mass is 10.1. The molecular formula is C21H22N2O4. The van der Waals surface area contributed by atoms with Gasteiger partial charge < -0.3 is 19.3 Å². The molecule has 0 aromatic heterocycles. The van der Waals surface area contributed by atoms with E-state index >= 15 is 0 Å². The molecule has 2 aromatic rings. The molecule has 1 atom stereocenters. The van der Waals surface area contributed by atoms with Crippen LogP contribution in [0, 0.1) is 6.92 Å². The number of amides is 2. The quantitative estimate of drug-likeness (QED) is 0.818. The summed E-state index contributed by atoms with van der Waals surface area (Å²) >= 11 is 0. The van der Waals surface area contributed by atoms with Gasteiger partial charge in [-0.2, -0.15) is 0 Å². The van der Waals surface area contributed by atoms with Crippen LogP contribution in [0.4, 0.5) is 5.69 Å². The van der Waals surface area contributed by atoms with Crippen LogP contribution in [0.15, 0.2) is 48.5 Å². The Hall–Kier alpha value is -2.86. The minimum absolute atomic E-state index is 0.102. The van der Waals surface area contributed by atoms with E-state index in [0.717, 1.165) is 5.56 Å². The summed E-state index contributed by atoms with van der Waals surface area (Å²) in [6.45, 7) is 4.33. The number of aryl methyl sites for hydroxylation is 1. The van der Waals surface area contributed by atoms with Gasteiger partial charge in [-0.05, 0) is 31.2 Å². The first kappa shape index (κ1) is 17.5.